The molecule has 0 saturated heterocycles. The molecule has 120 valence electrons. The quantitative estimate of drug-likeness (QED) is 0.573. The summed E-state index contributed by atoms with van der Waals surface area (Å²) < 4.78 is 5.51. The second kappa shape index (κ2) is 6.77. The number of ether oxygens (including phenoxy) is 1. The van der Waals surface area contributed by atoms with Crippen LogP contribution in [0.3, 0.4) is 0 Å². The predicted octanol–water partition coefficient (Wildman–Crippen LogP) is 2.93. The summed E-state index contributed by atoms with van der Waals surface area (Å²) >= 11 is 0. The van der Waals surface area contributed by atoms with Crippen molar-refractivity contribution in [2.75, 3.05) is 13.2 Å². The van der Waals surface area contributed by atoms with E-state index in [-0.39, 0.29) is 18.2 Å². The van der Waals surface area contributed by atoms with E-state index in [1.54, 1.807) is 13.0 Å². The number of aryl methyl sites for hydroxylation is 1. The fourth-order valence-electron chi connectivity index (χ4n) is 2.38. The van der Waals surface area contributed by atoms with Gasteiger partial charge in [-0.15, -0.1) is 0 Å². The van der Waals surface area contributed by atoms with E-state index < -0.39 is 4.92 Å². The number of amides is 1. The molecule has 1 saturated carbocycles. The highest BCUT2D eigenvalue weighted by Gasteiger charge is 2.32. The molecule has 0 N–H and O–H groups in total. The van der Waals surface area contributed by atoms with Crippen LogP contribution in [0.25, 0.3) is 0 Å². The number of nitro groups is 1. The Morgan fingerprint density at radius 1 is 1.45 bits per heavy atom. The highest BCUT2D eigenvalue weighted by atomic mass is 16.6. The topological polar surface area (TPSA) is 72.7 Å². The van der Waals surface area contributed by atoms with Gasteiger partial charge in [-0.1, -0.05) is 13.8 Å². The molecule has 0 aromatic heterocycles. The maximum absolute atomic E-state index is 12.3. The number of hydrogen-bond acceptors (Lipinski definition) is 4. The van der Waals surface area contributed by atoms with Gasteiger partial charge in [-0.3, -0.25) is 14.9 Å². The van der Waals surface area contributed by atoms with Crippen LogP contribution in [0.1, 0.15) is 32.3 Å². The molecule has 0 unspecified atom stereocenters. The van der Waals surface area contributed by atoms with E-state index in [0.29, 0.717) is 23.3 Å². The van der Waals surface area contributed by atoms with Crippen LogP contribution < -0.4 is 4.74 Å². The van der Waals surface area contributed by atoms with Crippen molar-refractivity contribution in [3.05, 3.63) is 33.9 Å². The molecular weight excluding hydrogens is 284 g/mol. The molecular formula is C16H22N2O4. The summed E-state index contributed by atoms with van der Waals surface area (Å²) in [4.78, 5) is 24.5. The molecule has 0 heterocycles. The zero-order valence-electron chi connectivity index (χ0n) is 13.2. The minimum absolute atomic E-state index is 0.0211. The Balaban J connectivity index is 1.95. The Hall–Kier alpha value is -2.11. The highest BCUT2D eigenvalue weighted by Crippen LogP contribution is 2.28. The molecule has 1 fully saturated rings. The Labute approximate surface area is 130 Å². The van der Waals surface area contributed by atoms with Crippen molar-refractivity contribution >= 4 is 11.6 Å². The molecule has 22 heavy (non-hydrogen) atoms. The average molecular weight is 306 g/mol. The summed E-state index contributed by atoms with van der Waals surface area (Å²) in [5.41, 5.74) is 0.578. The zero-order chi connectivity index (χ0) is 16.3. The molecule has 0 radical (unpaired) electrons. The van der Waals surface area contributed by atoms with E-state index in [9.17, 15) is 14.9 Å². The summed E-state index contributed by atoms with van der Waals surface area (Å²) in [5, 5.41) is 10.8. The number of carbonyl (C=O) groups excluding carboxylic acids is 1. The largest absolute Gasteiger partial charge is 0.484 e. The van der Waals surface area contributed by atoms with Crippen molar-refractivity contribution in [2.24, 2.45) is 5.92 Å². The van der Waals surface area contributed by atoms with Crippen LogP contribution in [0, 0.1) is 23.0 Å². The van der Waals surface area contributed by atoms with Gasteiger partial charge < -0.3 is 9.64 Å². The number of rotatable bonds is 7. The molecule has 0 atom stereocenters. The van der Waals surface area contributed by atoms with Crippen molar-refractivity contribution in [3.8, 4) is 5.75 Å². The van der Waals surface area contributed by atoms with Crippen LogP contribution in [0.5, 0.6) is 5.75 Å². The lowest BCUT2D eigenvalue weighted by molar-refractivity contribution is -0.385. The maximum Gasteiger partial charge on any atom is 0.272 e. The SMILES string of the molecule is Cc1cc(OCC(=O)N(CC(C)C)C2CC2)ccc1[N+](=O)[O-]. The zero-order valence-corrected chi connectivity index (χ0v) is 13.2. The molecule has 0 aliphatic heterocycles. The molecule has 0 bridgehead atoms. The summed E-state index contributed by atoms with van der Waals surface area (Å²) in [5.74, 6) is 0.884. The number of benzene rings is 1. The molecule has 6 heteroatoms. The van der Waals surface area contributed by atoms with Gasteiger partial charge in [0.05, 0.1) is 4.92 Å². The maximum atomic E-state index is 12.3. The van der Waals surface area contributed by atoms with Crippen LogP contribution in [0.15, 0.2) is 18.2 Å². The van der Waals surface area contributed by atoms with Gasteiger partial charge in [0.15, 0.2) is 6.61 Å². The fraction of sp³-hybridized carbons (Fsp3) is 0.562. The summed E-state index contributed by atoms with van der Waals surface area (Å²) in [7, 11) is 0. The third kappa shape index (κ3) is 4.19. The standard InChI is InChI=1S/C16H22N2O4/c1-11(2)9-17(13-4-5-13)16(19)10-22-14-6-7-15(18(20)21)12(3)8-14/h6-8,11,13H,4-5,9-10H2,1-3H3. The Morgan fingerprint density at radius 3 is 2.64 bits per heavy atom. The molecule has 0 spiro atoms. The molecule has 1 aromatic rings. The first-order valence-corrected chi connectivity index (χ1v) is 7.55. The van der Waals surface area contributed by atoms with E-state index in [0.717, 1.165) is 19.4 Å². The summed E-state index contributed by atoms with van der Waals surface area (Å²) in [6.07, 6.45) is 2.13. The lowest BCUT2D eigenvalue weighted by Gasteiger charge is -2.24. The molecule has 1 aliphatic carbocycles. The van der Waals surface area contributed by atoms with E-state index in [4.69, 9.17) is 4.74 Å². The number of nitro benzene ring substituents is 1. The van der Waals surface area contributed by atoms with Crippen molar-refractivity contribution in [1.29, 1.82) is 0 Å². The van der Waals surface area contributed by atoms with E-state index in [1.165, 1.54) is 12.1 Å². The van der Waals surface area contributed by atoms with Gasteiger partial charge in [0, 0.05) is 24.2 Å². The van der Waals surface area contributed by atoms with Gasteiger partial charge >= 0.3 is 0 Å². The Bertz CT molecular complexity index is 567. The average Bonchev–Trinajstić information content (AvgIpc) is 3.26. The van der Waals surface area contributed by atoms with Crippen LogP contribution in [-0.2, 0) is 4.79 Å². The molecule has 1 aliphatic rings. The lowest BCUT2D eigenvalue weighted by Crippen LogP contribution is -2.39. The molecule has 1 amide bonds. The van der Waals surface area contributed by atoms with Crippen LogP contribution in [0.4, 0.5) is 5.69 Å². The number of nitrogens with zero attached hydrogens (tertiary/aromatic N) is 2. The Morgan fingerprint density at radius 2 is 2.14 bits per heavy atom. The van der Waals surface area contributed by atoms with Gasteiger partial charge in [-0.05, 0) is 37.8 Å². The van der Waals surface area contributed by atoms with Crippen molar-refractivity contribution in [3.63, 3.8) is 0 Å². The summed E-state index contributed by atoms with van der Waals surface area (Å²) in [6.45, 7) is 6.54. The van der Waals surface area contributed by atoms with E-state index in [1.807, 2.05) is 4.90 Å². The van der Waals surface area contributed by atoms with Gasteiger partial charge in [-0.2, -0.15) is 0 Å². The third-order valence-corrected chi connectivity index (χ3v) is 3.60. The van der Waals surface area contributed by atoms with Crippen molar-refractivity contribution in [2.45, 2.75) is 39.7 Å². The van der Waals surface area contributed by atoms with Gasteiger partial charge in [0.25, 0.3) is 11.6 Å². The Kier molecular flexibility index (Phi) is 5.00. The second-order valence-electron chi connectivity index (χ2n) is 6.17. The van der Waals surface area contributed by atoms with Crippen LogP contribution >= 0.6 is 0 Å². The summed E-state index contributed by atoms with van der Waals surface area (Å²) in [6, 6.07) is 4.89. The van der Waals surface area contributed by atoms with Crippen LogP contribution in [-0.4, -0.2) is 34.9 Å². The van der Waals surface area contributed by atoms with Gasteiger partial charge in [-0.25, -0.2) is 0 Å². The monoisotopic (exact) mass is 306 g/mol. The minimum Gasteiger partial charge on any atom is -0.484 e. The van der Waals surface area contributed by atoms with Crippen molar-refractivity contribution in [1.82, 2.24) is 4.90 Å². The highest BCUT2D eigenvalue weighted by molar-refractivity contribution is 5.78. The fourth-order valence-corrected chi connectivity index (χ4v) is 2.38. The van der Waals surface area contributed by atoms with E-state index >= 15 is 0 Å². The minimum atomic E-state index is -0.429. The lowest BCUT2D eigenvalue weighted by atomic mass is 10.2. The first kappa shape index (κ1) is 16.3. The van der Waals surface area contributed by atoms with Crippen LogP contribution in [0.2, 0.25) is 0 Å². The normalized spacial score (nSPS) is 14.0. The molecule has 2 rings (SSSR count). The molecule has 6 nitrogen and oxygen atoms in total. The third-order valence-electron chi connectivity index (χ3n) is 3.60. The van der Waals surface area contributed by atoms with E-state index in [2.05, 4.69) is 13.8 Å². The molecule has 1 aromatic carbocycles. The smallest absolute Gasteiger partial charge is 0.272 e. The number of hydrogen-bond donors (Lipinski definition) is 0. The predicted molar refractivity (Wildman–Crippen MR) is 82.9 cm³/mol. The van der Waals surface area contributed by atoms with Crippen molar-refractivity contribution < 1.29 is 14.5 Å². The second-order valence-corrected chi connectivity index (χ2v) is 6.17. The number of carbonyl (C=O) groups is 1. The first-order chi connectivity index (χ1) is 10.4. The van der Waals surface area contributed by atoms with Gasteiger partial charge in [0.1, 0.15) is 5.75 Å². The van der Waals surface area contributed by atoms with Gasteiger partial charge in [0.2, 0.25) is 0 Å². The first-order valence-electron chi connectivity index (χ1n) is 7.55.